The third kappa shape index (κ3) is 2.35. The Bertz CT molecular complexity index is 464. The minimum absolute atomic E-state index is 0.0321. The van der Waals surface area contributed by atoms with Gasteiger partial charge in [-0.2, -0.15) is 0 Å². The molecular formula is C16H20FN. The predicted molar refractivity (Wildman–Crippen MR) is 72.0 cm³/mol. The van der Waals surface area contributed by atoms with E-state index in [-0.39, 0.29) is 5.82 Å². The van der Waals surface area contributed by atoms with Crippen LogP contribution in [-0.4, -0.2) is 6.54 Å². The predicted octanol–water partition coefficient (Wildman–Crippen LogP) is 3.90. The van der Waals surface area contributed by atoms with E-state index in [0.29, 0.717) is 6.04 Å². The molecule has 3 rings (SSSR count). The van der Waals surface area contributed by atoms with E-state index in [4.69, 9.17) is 0 Å². The zero-order valence-electron chi connectivity index (χ0n) is 10.7. The van der Waals surface area contributed by atoms with Crippen LogP contribution in [0.4, 0.5) is 4.39 Å². The summed E-state index contributed by atoms with van der Waals surface area (Å²) < 4.78 is 13.6. The average Bonchev–Trinajstić information content (AvgIpc) is 3.00. The molecule has 0 amide bonds. The Balaban J connectivity index is 1.58. The van der Waals surface area contributed by atoms with E-state index in [1.54, 1.807) is 11.6 Å². The topological polar surface area (TPSA) is 12.0 Å². The van der Waals surface area contributed by atoms with Crippen LogP contribution in [0.25, 0.3) is 0 Å². The first-order valence-electron chi connectivity index (χ1n) is 7.03. The van der Waals surface area contributed by atoms with Crippen LogP contribution in [0.1, 0.15) is 49.3 Å². The molecule has 1 atom stereocenters. The first-order chi connectivity index (χ1) is 8.84. The zero-order chi connectivity index (χ0) is 12.4. The van der Waals surface area contributed by atoms with Crippen LogP contribution in [0.5, 0.6) is 0 Å². The summed E-state index contributed by atoms with van der Waals surface area (Å²) in [5.74, 6) is -0.0321. The Morgan fingerprint density at radius 2 is 2.22 bits per heavy atom. The monoisotopic (exact) mass is 245 g/mol. The van der Waals surface area contributed by atoms with Gasteiger partial charge in [0, 0.05) is 6.04 Å². The minimum atomic E-state index is -0.0321. The fourth-order valence-corrected chi connectivity index (χ4v) is 3.19. The molecule has 0 heterocycles. The summed E-state index contributed by atoms with van der Waals surface area (Å²) in [5, 5.41) is 3.58. The third-order valence-electron chi connectivity index (χ3n) is 4.19. The van der Waals surface area contributed by atoms with E-state index >= 15 is 0 Å². The quantitative estimate of drug-likeness (QED) is 0.793. The summed E-state index contributed by atoms with van der Waals surface area (Å²) in [4.78, 5) is 0. The minimum Gasteiger partial charge on any atom is -0.310 e. The molecule has 0 fully saturated rings. The van der Waals surface area contributed by atoms with Crippen LogP contribution < -0.4 is 5.32 Å². The Morgan fingerprint density at radius 1 is 1.28 bits per heavy atom. The van der Waals surface area contributed by atoms with Crippen LogP contribution in [0, 0.1) is 5.82 Å². The molecule has 96 valence electrons. The lowest BCUT2D eigenvalue weighted by atomic mass is 10.1. The molecule has 1 nitrogen and oxygen atoms in total. The highest BCUT2D eigenvalue weighted by atomic mass is 19.1. The molecule has 0 radical (unpaired) electrons. The van der Waals surface area contributed by atoms with Gasteiger partial charge in [0.2, 0.25) is 0 Å². The van der Waals surface area contributed by atoms with Crippen molar-refractivity contribution in [1.29, 1.82) is 0 Å². The van der Waals surface area contributed by atoms with E-state index in [9.17, 15) is 4.39 Å². The molecular weight excluding hydrogens is 225 g/mol. The zero-order valence-corrected chi connectivity index (χ0v) is 10.7. The normalized spacial score (nSPS) is 22.1. The van der Waals surface area contributed by atoms with Gasteiger partial charge < -0.3 is 5.32 Å². The summed E-state index contributed by atoms with van der Waals surface area (Å²) in [6, 6.07) is 5.83. The van der Waals surface area contributed by atoms with Crippen molar-refractivity contribution in [3.8, 4) is 0 Å². The van der Waals surface area contributed by atoms with Crippen molar-refractivity contribution >= 4 is 0 Å². The standard InChI is InChI=1S/C16H20FN/c17-15-7-3-6-14-13(15)8-9-16(14)18-11-10-12-4-1-2-5-12/h3-4,6-7,16,18H,1-2,5,8-11H2. The molecule has 0 bridgehead atoms. The van der Waals surface area contributed by atoms with Gasteiger partial charge >= 0.3 is 0 Å². The third-order valence-corrected chi connectivity index (χ3v) is 4.19. The number of rotatable bonds is 4. The largest absolute Gasteiger partial charge is 0.310 e. The number of allylic oxidation sites excluding steroid dienone is 1. The maximum Gasteiger partial charge on any atom is 0.126 e. The molecule has 2 heteroatoms. The van der Waals surface area contributed by atoms with Gasteiger partial charge in [-0.05, 0) is 62.3 Å². The number of benzene rings is 1. The summed E-state index contributed by atoms with van der Waals surface area (Å²) in [6.45, 7) is 1.02. The molecule has 2 aliphatic rings. The van der Waals surface area contributed by atoms with Crippen molar-refractivity contribution in [2.24, 2.45) is 0 Å². The van der Waals surface area contributed by atoms with Gasteiger partial charge in [0.05, 0.1) is 0 Å². The molecule has 0 aliphatic heterocycles. The average molecular weight is 245 g/mol. The highest BCUT2D eigenvalue weighted by Gasteiger charge is 2.24. The highest BCUT2D eigenvalue weighted by molar-refractivity contribution is 5.35. The molecule has 0 spiro atoms. The summed E-state index contributed by atoms with van der Waals surface area (Å²) in [7, 11) is 0. The fraction of sp³-hybridized carbons (Fsp3) is 0.500. The summed E-state index contributed by atoms with van der Waals surface area (Å²) in [5.41, 5.74) is 3.70. The van der Waals surface area contributed by atoms with Crippen molar-refractivity contribution in [2.45, 2.75) is 44.6 Å². The molecule has 18 heavy (non-hydrogen) atoms. The van der Waals surface area contributed by atoms with E-state index in [0.717, 1.165) is 31.4 Å². The van der Waals surface area contributed by atoms with Gasteiger partial charge in [0.1, 0.15) is 5.82 Å². The maximum atomic E-state index is 13.6. The first kappa shape index (κ1) is 11.9. The highest BCUT2D eigenvalue weighted by Crippen LogP contribution is 2.32. The number of hydrogen-bond acceptors (Lipinski definition) is 1. The number of nitrogens with one attached hydrogen (secondary N) is 1. The van der Waals surface area contributed by atoms with Gasteiger partial charge in [-0.25, -0.2) is 4.39 Å². The van der Waals surface area contributed by atoms with E-state index < -0.39 is 0 Å². The second kappa shape index (κ2) is 5.23. The SMILES string of the molecule is Fc1cccc2c1CCC2NCCC1=CCCC1. The van der Waals surface area contributed by atoms with E-state index in [2.05, 4.69) is 17.5 Å². The summed E-state index contributed by atoms with van der Waals surface area (Å²) in [6.07, 6.45) is 9.31. The summed E-state index contributed by atoms with van der Waals surface area (Å²) >= 11 is 0. The molecule has 2 aliphatic carbocycles. The van der Waals surface area contributed by atoms with Crippen LogP contribution in [-0.2, 0) is 6.42 Å². The van der Waals surface area contributed by atoms with Gasteiger partial charge in [-0.3, -0.25) is 0 Å². The van der Waals surface area contributed by atoms with Gasteiger partial charge in [-0.1, -0.05) is 23.8 Å². The molecule has 1 unspecified atom stereocenters. The second-order valence-electron chi connectivity index (χ2n) is 5.36. The lowest BCUT2D eigenvalue weighted by Crippen LogP contribution is -2.20. The Hall–Kier alpha value is -1.15. The molecule has 0 saturated carbocycles. The van der Waals surface area contributed by atoms with Crippen molar-refractivity contribution < 1.29 is 4.39 Å². The number of fused-ring (bicyclic) bond motifs is 1. The number of hydrogen-bond donors (Lipinski definition) is 1. The fourth-order valence-electron chi connectivity index (χ4n) is 3.19. The molecule has 0 aromatic heterocycles. The maximum absolute atomic E-state index is 13.6. The molecule has 1 N–H and O–H groups in total. The Labute approximate surface area is 108 Å². The molecule has 0 saturated heterocycles. The lowest BCUT2D eigenvalue weighted by Gasteiger charge is -2.14. The first-order valence-corrected chi connectivity index (χ1v) is 7.03. The van der Waals surface area contributed by atoms with Crippen molar-refractivity contribution in [2.75, 3.05) is 6.54 Å². The lowest BCUT2D eigenvalue weighted by molar-refractivity contribution is 0.531. The van der Waals surface area contributed by atoms with E-state index in [1.807, 2.05) is 6.07 Å². The van der Waals surface area contributed by atoms with Crippen LogP contribution in [0.3, 0.4) is 0 Å². The van der Waals surface area contributed by atoms with Crippen LogP contribution in [0.2, 0.25) is 0 Å². The molecule has 1 aromatic rings. The van der Waals surface area contributed by atoms with E-state index in [1.165, 1.54) is 24.8 Å². The smallest absolute Gasteiger partial charge is 0.126 e. The van der Waals surface area contributed by atoms with Crippen molar-refractivity contribution in [3.05, 3.63) is 46.8 Å². The van der Waals surface area contributed by atoms with Crippen LogP contribution in [0.15, 0.2) is 29.8 Å². The Morgan fingerprint density at radius 3 is 3.06 bits per heavy atom. The van der Waals surface area contributed by atoms with Crippen molar-refractivity contribution in [3.63, 3.8) is 0 Å². The second-order valence-corrected chi connectivity index (χ2v) is 5.36. The van der Waals surface area contributed by atoms with Gasteiger partial charge in [0.25, 0.3) is 0 Å². The van der Waals surface area contributed by atoms with Crippen molar-refractivity contribution in [1.82, 2.24) is 5.32 Å². The van der Waals surface area contributed by atoms with Crippen LogP contribution >= 0.6 is 0 Å². The molecule has 1 aromatic carbocycles. The van der Waals surface area contributed by atoms with Gasteiger partial charge in [-0.15, -0.1) is 0 Å². The number of halogens is 1. The Kier molecular flexibility index (Phi) is 3.46. The van der Waals surface area contributed by atoms with Gasteiger partial charge in [0.15, 0.2) is 0 Å².